The van der Waals surface area contributed by atoms with Crippen LogP contribution in [0.5, 0.6) is 0 Å². The molecule has 0 bridgehead atoms. The van der Waals surface area contributed by atoms with E-state index in [2.05, 4.69) is 15.5 Å². The number of nitrogens with zero attached hydrogens (tertiary/aromatic N) is 4. The van der Waals surface area contributed by atoms with Crippen LogP contribution in [-0.4, -0.2) is 25.3 Å². The SMILES string of the molecule is Cc1c(C(=O)Nn2cnc3ccccc32)cnn1-c1ccccc1. The van der Waals surface area contributed by atoms with Gasteiger partial charge < -0.3 is 0 Å². The lowest BCUT2D eigenvalue weighted by atomic mass is 10.2. The third-order valence-electron chi connectivity index (χ3n) is 3.93. The van der Waals surface area contributed by atoms with Crippen LogP contribution in [0.2, 0.25) is 0 Å². The lowest BCUT2D eigenvalue weighted by molar-refractivity contribution is 0.101. The van der Waals surface area contributed by atoms with Gasteiger partial charge in [-0.05, 0) is 31.2 Å². The molecule has 0 saturated carbocycles. The third kappa shape index (κ3) is 2.34. The minimum absolute atomic E-state index is 0.224. The summed E-state index contributed by atoms with van der Waals surface area (Å²) in [6, 6.07) is 17.3. The third-order valence-corrected chi connectivity index (χ3v) is 3.93. The van der Waals surface area contributed by atoms with E-state index in [-0.39, 0.29) is 5.91 Å². The van der Waals surface area contributed by atoms with E-state index in [0.717, 1.165) is 22.4 Å². The maximum absolute atomic E-state index is 12.6. The molecule has 0 fully saturated rings. The van der Waals surface area contributed by atoms with Gasteiger partial charge in [-0.25, -0.2) is 14.3 Å². The highest BCUT2D eigenvalue weighted by Gasteiger charge is 2.16. The predicted octanol–water partition coefficient (Wildman–Crippen LogP) is 2.91. The average molecular weight is 317 g/mol. The molecule has 24 heavy (non-hydrogen) atoms. The highest BCUT2D eigenvalue weighted by molar-refractivity contribution is 6.01. The molecule has 0 radical (unpaired) electrons. The quantitative estimate of drug-likeness (QED) is 0.632. The first kappa shape index (κ1) is 14.2. The molecule has 4 aromatic rings. The second kappa shape index (κ2) is 5.66. The summed E-state index contributed by atoms with van der Waals surface area (Å²) in [6.45, 7) is 1.88. The van der Waals surface area contributed by atoms with E-state index in [1.54, 1.807) is 21.9 Å². The van der Waals surface area contributed by atoms with E-state index in [0.29, 0.717) is 5.56 Å². The fraction of sp³-hybridized carbons (Fsp3) is 0.0556. The lowest BCUT2D eigenvalue weighted by Gasteiger charge is -2.07. The number of para-hydroxylation sites is 3. The Kier molecular flexibility index (Phi) is 3.35. The van der Waals surface area contributed by atoms with Crippen molar-refractivity contribution in [3.05, 3.63) is 78.4 Å². The number of hydrogen-bond acceptors (Lipinski definition) is 3. The van der Waals surface area contributed by atoms with Crippen molar-refractivity contribution in [3.8, 4) is 5.69 Å². The zero-order valence-electron chi connectivity index (χ0n) is 13.0. The number of carbonyl (C=O) groups excluding carboxylic acids is 1. The Morgan fingerprint density at radius 3 is 2.62 bits per heavy atom. The second-order valence-electron chi connectivity index (χ2n) is 5.44. The van der Waals surface area contributed by atoms with Crippen molar-refractivity contribution in [1.82, 2.24) is 19.4 Å². The van der Waals surface area contributed by atoms with Crippen LogP contribution in [0.4, 0.5) is 0 Å². The van der Waals surface area contributed by atoms with Gasteiger partial charge in [-0.1, -0.05) is 30.3 Å². The van der Waals surface area contributed by atoms with Crippen LogP contribution in [0.15, 0.2) is 67.1 Å². The van der Waals surface area contributed by atoms with Crippen LogP contribution >= 0.6 is 0 Å². The van der Waals surface area contributed by atoms with Crippen molar-refractivity contribution >= 4 is 16.9 Å². The van der Waals surface area contributed by atoms with Gasteiger partial charge in [-0.3, -0.25) is 10.2 Å². The molecule has 0 saturated heterocycles. The van der Waals surface area contributed by atoms with Gasteiger partial charge in [0, 0.05) is 0 Å². The van der Waals surface area contributed by atoms with Crippen LogP contribution in [0.3, 0.4) is 0 Å². The van der Waals surface area contributed by atoms with Crippen molar-refractivity contribution in [2.75, 3.05) is 5.43 Å². The van der Waals surface area contributed by atoms with Crippen molar-refractivity contribution in [1.29, 1.82) is 0 Å². The fourth-order valence-corrected chi connectivity index (χ4v) is 2.68. The number of imidazole rings is 1. The summed E-state index contributed by atoms with van der Waals surface area (Å²) >= 11 is 0. The van der Waals surface area contributed by atoms with Crippen molar-refractivity contribution in [3.63, 3.8) is 0 Å². The van der Waals surface area contributed by atoms with Gasteiger partial charge in [-0.15, -0.1) is 0 Å². The summed E-state index contributed by atoms with van der Waals surface area (Å²) in [5.74, 6) is -0.224. The normalized spacial score (nSPS) is 10.9. The Morgan fingerprint density at radius 2 is 1.79 bits per heavy atom. The number of aromatic nitrogens is 4. The molecule has 1 N–H and O–H groups in total. The highest BCUT2D eigenvalue weighted by atomic mass is 16.2. The molecule has 6 nitrogen and oxygen atoms in total. The van der Waals surface area contributed by atoms with Crippen molar-refractivity contribution < 1.29 is 4.79 Å². The molecule has 0 spiro atoms. The molecule has 6 heteroatoms. The van der Waals surface area contributed by atoms with E-state index < -0.39 is 0 Å². The number of amides is 1. The summed E-state index contributed by atoms with van der Waals surface area (Å²) in [5.41, 5.74) is 6.75. The van der Waals surface area contributed by atoms with Crippen LogP contribution in [-0.2, 0) is 0 Å². The first-order valence-electron chi connectivity index (χ1n) is 7.57. The van der Waals surface area contributed by atoms with Crippen LogP contribution in [0, 0.1) is 6.92 Å². The zero-order chi connectivity index (χ0) is 16.5. The Bertz CT molecular complexity index is 1020. The Hall–Kier alpha value is -3.41. The smallest absolute Gasteiger partial charge is 0.267 e. The molecule has 0 unspecified atom stereocenters. The highest BCUT2D eigenvalue weighted by Crippen LogP contribution is 2.15. The Labute approximate surface area is 138 Å². The molecule has 2 aromatic heterocycles. The van der Waals surface area contributed by atoms with E-state index in [1.807, 2.05) is 61.5 Å². The van der Waals surface area contributed by atoms with Gasteiger partial charge in [0.25, 0.3) is 5.91 Å². The lowest BCUT2D eigenvalue weighted by Crippen LogP contribution is -2.22. The van der Waals surface area contributed by atoms with E-state index in [9.17, 15) is 4.79 Å². The molecule has 2 aromatic carbocycles. The van der Waals surface area contributed by atoms with Crippen LogP contribution in [0.1, 0.15) is 16.1 Å². The maximum Gasteiger partial charge on any atom is 0.273 e. The first-order valence-corrected chi connectivity index (χ1v) is 7.57. The monoisotopic (exact) mass is 317 g/mol. The van der Waals surface area contributed by atoms with E-state index in [4.69, 9.17) is 0 Å². The minimum atomic E-state index is -0.224. The molecular weight excluding hydrogens is 302 g/mol. The standard InChI is InChI=1S/C18H15N5O/c1-13-15(11-20-23(13)14-7-3-2-4-8-14)18(24)21-22-12-19-16-9-5-6-10-17(16)22/h2-12H,1H3,(H,21,24). The topological polar surface area (TPSA) is 64.7 Å². The zero-order valence-corrected chi connectivity index (χ0v) is 13.0. The van der Waals surface area contributed by atoms with Gasteiger partial charge >= 0.3 is 0 Å². The van der Waals surface area contributed by atoms with Gasteiger partial charge in [0.1, 0.15) is 6.33 Å². The summed E-state index contributed by atoms with van der Waals surface area (Å²) in [4.78, 5) is 16.9. The number of nitrogens with one attached hydrogen (secondary N) is 1. The number of benzene rings is 2. The number of hydrogen-bond donors (Lipinski definition) is 1. The predicted molar refractivity (Wildman–Crippen MR) is 91.7 cm³/mol. The second-order valence-corrected chi connectivity index (χ2v) is 5.44. The number of carbonyl (C=O) groups is 1. The van der Waals surface area contributed by atoms with E-state index >= 15 is 0 Å². The molecule has 2 heterocycles. The summed E-state index contributed by atoms with van der Waals surface area (Å²) < 4.78 is 3.37. The van der Waals surface area contributed by atoms with Crippen LogP contribution in [0.25, 0.3) is 16.7 Å². The van der Waals surface area contributed by atoms with Gasteiger partial charge in [0.05, 0.1) is 34.2 Å². The largest absolute Gasteiger partial charge is 0.273 e. The van der Waals surface area contributed by atoms with Gasteiger partial charge in [0.2, 0.25) is 0 Å². The molecular formula is C18H15N5O. The number of fused-ring (bicyclic) bond motifs is 1. The van der Waals surface area contributed by atoms with Gasteiger partial charge in [0.15, 0.2) is 0 Å². The Morgan fingerprint density at radius 1 is 1.04 bits per heavy atom. The van der Waals surface area contributed by atoms with Gasteiger partial charge in [-0.2, -0.15) is 5.10 Å². The van der Waals surface area contributed by atoms with E-state index in [1.165, 1.54) is 0 Å². The fourth-order valence-electron chi connectivity index (χ4n) is 2.68. The molecule has 0 aliphatic heterocycles. The first-order chi connectivity index (χ1) is 11.7. The molecule has 1 amide bonds. The van der Waals surface area contributed by atoms with Crippen LogP contribution < -0.4 is 5.43 Å². The Balaban J connectivity index is 1.65. The molecule has 4 rings (SSSR count). The molecule has 118 valence electrons. The molecule has 0 aliphatic carbocycles. The minimum Gasteiger partial charge on any atom is -0.267 e. The average Bonchev–Trinajstić information content (AvgIpc) is 3.20. The molecule has 0 aliphatic rings. The number of rotatable bonds is 3. The maximum atomic E-state index is 12.6. The van der Waals surface area contributed by atoms with Crippen molar-refractivity contribution in [2.24, 2.45) is 0 Å². The summed E-state index contributed by atoms with van der Waals surface area (Å²) in [6.07, 6.45) is 3.18. The van der Waals surface area contributed by atoms with Crippen molar-refractivity contribution in [2.45, 2.75) is 6.92 Å². The summed E-state index contributed by atoms with van der Waals surface area (Å²) in [7, 11) is 0. The summed E-state index contributed by atoms with van der Waals surface area (Å²) in [5, 5.41) is 4.33. The molecule has 0 atom stereocenters.